The van der Waals surface area contributed by atoms with Crippen molar-refractivity contribution >= 4 is 32.4 Å². The molecule has 3 heterocycles. The Bertz CT molecular complexity index is 1340. The first-order chi connectivity index (χ1) is 16.4. The summed E-state index contributed by atoms with van der Waals surface area (Å²) in [7, 11) is -3.37. The molecule has 1 aliphatic carbocycles. The van der Waals surface area contributed by atoms with Gasteiger partial charge in [-0.2, -0.15) is 0 Å². The second-order valence-corrected chi connectivity index (χ2v) is 11.1. The topological polar surface area (TPSA) is 114 Å². The number of carbonyl (C=O) groups is 1. The molecule has 1 N–H and O–H groups in total. The van der Waals surface area contributed by atoms with Gasteiger partial charge in [-0.1, -0.05) is 13.0 Å². The third-order valence-corrected chi connectivity index (χ3v) is 8.69. The number of aromatic nitrogens is 3. The second-order valence-electron chi connectivity index (χ2n) is 8.33. The summed E-state index contributed by atoms with van der Waals surface area (Å²) in [6.45, 7) is 4.83. The molecule has 1 saturated carbocycles. The van der Waals surface area contributed by atoms with E-state index in [-0.39, 0.29) is 17.2 Å². The van der Waals surface area contributed by atoms with Crippen molar-refractivity contribution in [2.75, 3.05) is 11.3 Å². The zero-order valence-electron chi connectivity index (χ0n) is 18.9. The number of carbonyl (C=O) groups excluding carboxylic acids is 1. The molecule has 0 bridgehead atoms. The van der Waals surface area contributed by atoms with Crippen LogP contribution in [0.25, 0.3) is 11.3 Å². The monoisotopic (exact) mass is 499 g/mol. The summed E-state index contributed by atoms with van der Waals surface area (Å²) >= 11 is 1.25. The van der Waals surface area contributed by atoms with E-state index in [1.807, 2.05) is 37.4 Å². The fraction of sp³-hybridized carbons (Fsp3) is 0.391. The van der Waals surface area contributed by atoms with Crippen molar-refractivity contribution < 1.29 is 17.9 Å². The molecule has 0 radical (unpaired) electrons. The number of nitrogens with one attached hydrogen (secondary N) is 1. The van der Waals surface area contributed by atoms with E-state index < -0.39 is 10.0 Å². The molecule has 0 saturated heterocycles. The molecule has 0 spiro atoms. The van der Waals surface area contributed by atoms with Crippen LogP contribution < -0.4 is 9.46 Å². The standard InChI is InChI=1S/C23H25N5O4S2/c1-3-20(19-13-33-23(26-19)27-34(30,31)16-6-7-16)28-12-15-9-14(5-8-17(15)22(28)29)18-10-24-11-21(25-18)32-4-2/h5,8-11,13,16,20H,3-4,6-7,12H2,1-2H3,(H,26,27). The number of hydrogen-bond donors (Lipinski definition) is 1. The van der Waals surface area contributed by atoms with Crippen LogP contribution in [0.15, 0.2) is 36.0 Å². The van der Waals surface area contributed by atoms with Crippen molar-refractivity contribution in [3.8, 4) is 17.1 Å². The number of hydrogen-bond acceptors (Lipinski definition) is 8. The molecule has 1 unspecified atom stereocenters. The molecule has 2 aliphatic rings. The lowest BCUT2D eigenvalue weighted by Gasteiger charge is -2.25. The second kappa shape index (κ2) is 8.95. The van der Waals surface area contributed by atoms with Gasteiger partial charge in [0.2, 0.25) is 15.9 Å². The number of sulfonamides is 1. The van der Waals surface area contributed by atoms with Crippen LogP contribution in [-0.2, 0) is 16.6 Å². The molecule has 1 atom stereocenters. The van der Waals surface area contributed by atoms with Crippen molar-refractivity contribution in [2.24, 2.45) is 0 Å². The Hall–Kier alpha value is -3.05. The number of amides is 1. The maximum absolute atomic E-state index is 13.2. The minimum absolute atomic E-state index is 0.0596. The van der Waals surface area contributed by atoms with Crippen LogP contribution in [0.4, 0.5) is 5.13 Å². The summed E-state index contributed by atoms with van der Waals surface area (Å²) in [5.74, 6) is 0.400. The number of nitrogens with zero attached hydrogens (tertiary/aromatic N) is 4. The van der Waals surface area contributed by atoms with E-state index >= 15 is 0 Å². The Labute approximate surface area is 202 Å². The van der Waals surface area contributed by atoms with Gasteiger partial charge in [0.05, 0.1) is 41.7 Å². The molecule has 2 aromatic heterocycles. The van der Waals surface area contributed by atoms with Crippen LogP contribution in [0.1, 0.15) is 60.8 Å². The van der Waals surface area contributed by atoms with Crippen molar-refractivity contribution in [3.63, 3.8) is 0 Å². The van der Waals surface area contributed by atoms with Gasteiger partial charge in [-0.05, 0) is 43.9 Å². The largest absolute Gasteiger partial charge is 0.477 e. The molecule has 11 heteroatoms. The third kappa shape index (κ3) is 4.37. The maximum Gasteiger partial charge on any atom is 0.255 e. The molecule has 178 valence electrons. The van der Waals surface area contributed by atoms with Crippen molar-refractivity contribution in [1.82, 2.24) is 19.9 Å². The number of thiazole rings is 1. The van der Waals surface area contributed by atoms with Gasteiger partial charge in [0.15, 0.2) is 5.13 Å². The highest BCUT2D eigenvalue weighted by Crippen LogP contribution is 2.37. The average Bonchev–Trinajstić information content (AvgIpc) is 3.53. The Kier molecular flexibility index (Phi) is 5.98. The van der Waals surface area contributed by atoms with E-state index in [4.69, 9.17) is 4.74 Å². The number of rotatable bonds is 9. The molecule has 1 amide bonds. The average molecular weight is 500 g/mol. The third-order valence-electron chi connectivity index (χ3n) is 5.96. The molecule has 9 nitrogen and oxygen atoms in total. The minimum atomic E-state index is -3.37. The molecule has 5 rings (SSSR count). The lowest BCUT2D eigenvalue weighted by Crippen LogP contribution is -2.29. The van der Waals surface area contributed by atoms with Gasteiger partial charge in [0.1, 0.15) is 0 Å². The fourth-order valence-corrected chi connectivity index (χ4v) is 6.47. The quantitative estimate of drug-likeness (QED) is 0.473. The zero-order valence-corrected chi connectivity index (χ0v) is 20.5. The van der Waals surface area contributed by atoms with Gasteiger partial charge in [-0.3, -0.25) is 14.5 Å². The smallest absolute Gasteiger partial charge is 0.255 e. The predicted molar refractivity (Wildman–Crippen MR) is 129 cm³/mol. The Morgan fingerprint density at radius 2 is 2.06 bits per heavy atom. The van der Waals surface area contributed by atoms with Gasteiger partial charge in [-0.25, -0.2) is 18.4 Å². The Balaban J connectivity index is 1.37. The Morgan fingerprint density at radius 3 is 2.79 bits per heavy atom. The number of anilines is 1. The van der Waals surface area contributed by atoms with Crippen LogP contribution in [0.5, 0.6) is 5.88 Å². The zero-order chi connectivity index (χ0) is 23.9. The van der Waals surface area contributed by atoms with E-state index in [0.29, 0.717) is 60.4 Å². The first kappa shape index (κ1) is 22.7. The predicted octanol–water partition coefficient (Wildman–Crippen LogP) is 4.01. The number of ether oxygens (including phenoxy) is 1. The highest BCUT2D eigenvalue weighted by molar-refractivity contribution is 7.93. The molecule has 3 aromatic rings. The van der Waals surface area contributed by atoms with Crippen molar-refractivity contribution in [1.29, 1.82) is 0 Å². The van der Waals surface area contributed by atoms with Gasteiger partial charge >= 0.3 is 0 Å². The van der Waals surface area contributed by atoms with E-state index in [1.165, 1.54) is 11.3 Å². The van der Waals surface area contributed by atoms with Gasteiger partial charge < -0.3 is 9.64 Å². The van der Waals surface area contributed by atoms with E-state index in [1.54, 1.807) is 17.3 Å². The van der Waals surface area contributed by atoms with Gasteiger partial charge in [0.25, 0.3) is 5.91 Å². The van der Waals surface area contributed by atoms with Gasteiger partial charge in [-0.15, -0.1) is 11.3 Å². The van der Waals surface area contributed by atoms with E-state index in [2.05, 4.69) is 19.7 Å². The maximum atomic E-state index is 13.2. The number of fused-ring (bicyclic) bond motifs is 1. The minimum Gasteiger partial charge on any atom is -0.477 e. The number of benzene rings is 1. The molecule has 1 fully saturated rings. The van der Waals surface area contributed by atoms with Crippen molar-refractivity contribution in [2.45, 2.75) is 50.9 Å². The van der Waals surface area contributed by atoms with Crippen LogP contribution in [0, 0.1) is 0 Å². The normalized spacial score (nSPS) is 16.4. The first-order valence-electron chi connectivity index (χ1n) is 11.3. The van der Waals surface area contributed by atoms with E-state index in [0.717, 1.165) is 11.1 Å². The summed E-state index contributed by atoms with van der Waals surface area (Å²) < 4.78 is 32.5. The lowest BCUT2D eigenvalue weighted by molar-refractivity contribution is 0.0692. The fourth-order valence-electron chi connectivity index (χ4n) is 4.12. The molecule has 34 heavy (non-hydrogen) atoms. The van der Waals surface area contributed by atoms with Gasteiger partial charge in [0, 0.05) is 23.1 Å². The highest BCUT2D eigenvalue weighted by atomic mass is 32.2. The molecule has 1 aromatic carbocycles. The highest BCUT2D eigenvalue weighted by Gasteiger charge is 2.37. The summed E-state index contributed by atoms with van der Waals surface area (Å²) in [5, 5.41) is 1.86. The summed E-state index contributed by atoms with van der Waals surface area (Å²) in [6, 6.07) is 5.41. The SMILES string of the molecule is CCOc1cncc(-c2ccc3c(c2)CN(C(CC)c2csc(NS(=O)(=O)C4CC4)n2)C3=O)n1. The summed E-state index contributed by atoms with van der Waals surface area (Å²) in [4.78, 5) is 28.2. The van der Waals surface area contributed by atoms with Crippen LogP contribution in [0.2, 0.25) is 0 Å². The van der Waals surface area contributed by atoms with Crippen molar-refractivity contribution in [3.05, 3.63) is 52.8 Å². The lowest BCUT2D eigenvalue weighted by atomic mass is 10.0. The van der Waals surface area contributed by atoms with Crippen LogP contribution in [-0.4, -0.2) is 46.0 Å². The molecular formula is C23H25N5O4S2. The molecular weight excluding hydrogens is 474 g/mol. The Morgan fingerprint density at radius 1 is 1.24 bits per heavy atom. The molecule has 1 aliphatic heterocycles. The summed E-state index contributed by atoms with van der Waals surface area (Å²) in [6.07, 6.45) is 5.29. The van der Waals surface area contributed by atoms with Crippen LogP contribution >= 0.6 is 11.3 Å². The first-order valence-corrected chi connectivity index (χ1v) is 13.7. The summed E-state index contributed by atoms with van der Waals surface area (Å²) in [5.41, 5.74) is 3.80. The van der Waals surface area contributed by atoms with Crippen LogP contribution in [0.3, 0.4) is 0 Å². The van der Waals surface area contributed by atoms with E-state index in [9.17, 15) is 13.2 Å².